The van der Waals surface area contributed by atoms with Crippen molar-refractivity contribution in [2.75, 3.05) is 11.9 Å². The van der Waals surface area contributed by atoms with E-state index in [2.05, 4.69) is 10.5 Å². The molecule has 0 aliphatic heterocycles. The van der Waals surface area contributed by atoms with Gasteiger partial charge in [0.05, 0.1) is 12.3 Å². The number of benzene rings is 1. The average Bonchev–Trinajstić information content (AvgIpc) is 2.76. The second kappa shape index (κ2) is 5.35. The van der Waals surface area contributed by atoms with Gasteiger partial charge in [-0.05, 0) is 38.1 Å². The summed E-state index contributed by atoms with van der Waals surface area (Å²) in [5.74, 6) is 0.838. The summed E-state index contributed by atoms with van der Waals surface area (Å²) >= 11 is 0. The Morgan fingerprint density at radius 3 is 2.67 bits per heavy atom. The van der Waals surface area contributed by atoms with Crippen LogP contribution in [-0.4, -0.2) is 17.7 Å². The van der Waals surface area contributed by atoms with Crippen LogP contribution < -0.4 is 10.1 Å². The Morgan fingerprint density at radius 1 is 1.39 bits per heavy atom. The highest BCUT2D eigenvalue weighted by atomic mass is 16.5. The molecule has 1 aromatic carbocycles. The van der Waals surface area contributed by atoms with Crippen LogP contribution in [0.1, 0.15) is 23.0 Å². The van der Waals surface area contributed by atoms with Gasteiger partial charge in [-0.15, -0.1) is 0 Å². The van der Waals surface area contributed by atoms with E-state index < -0.39 is 0 Å². The molecule has 1 amide bonds. The standard InChI is InChI=1S/C13H14N2O3/c1-3-17-11-6-4-10(5-7-11)13(16)14-12-8-9(2)15-18-12/h4-8H,3H2,1-2H3,(H,14,16). The predicted molar refractivity (Wildman–Crippen MR) is 66.8 cm³/mol. The summed E-state index contributed by atoms with van der Waals surface area (Å²) in [6.07, 6.45) is 0. The quantitative estimate of drug-likeness (QED) is 0.900. The first-order valence-electron chi connectivity index (χ1n) is 5.66. The molecule has 94 valence electrons. The Labute approximate surface area is 105 Å². The van der Waals surface area contributed by atoms with Crippen LogP contribution in [0.25, 0.3) is 0 Å². The summed E-state index contributed by atoms with van der Waals surface area (Å²) in [5.41, 5.74) is 1.25. The molecule has 0 aliphatic rings. The van der Waals surface area contributed by atoms with Gasteiger partial charge in [0.25, 0.3) is 5.91 Å². The molecule has 1 N–H and O–H groups in total. The van der Waals surface area contributed by atoms with Gasteiger partial charge in [0.1, 0.15) is 5.75 Å². The van der Waals surface area contributed by atoms with Crippen molar-refractivity contribution in [1.82, 2.24) is 5.16 Å². The van der Waals surface area contributed by atoms with E-state index in [1.807, 2.05) is 6.92 Å². The molecule has 2 aromatic rings. The molecule has 0 saturated heterocycles. The molecule has 5 heteroatoms. The number of rotatable bonds is 4. The fourth-order valence-corrected chi connectivity index (χ4v) is 1.48. The van der Waals surface area contributed by atoms with Crippen molar-refractivity contribution >= 4 is 11.8 Å². The molecule has 1 heterocycles. The number of nitrogens with zero attached hydrogens (tertiary/aromatic N) is 1. The zero-order valence-corrected chi connectivity index (χ0v) is 10.3. The molecule has 2 rings (SSSR count). The fourth-order valence-electron chi connectivity index (χ4n) is 1.48. The van der Waals surface area contributed by atoms with Gasteiger partial charge < -0.3 is 9.26 Å². The molecule has 5 nitrogen and oxygen atoms in total. The molecule has 0 radical (unpaired) electrons. The van der Waals surface area contributed by atoms with Gasteiger partial charge in [-0.25, -0.2) is 0 Å². The topological polar surface area (TPSA) is 64.4 Å². The molecule has 18 heavy (non-hydrogen) atoms. The maximum atomic E-state index is 11.9. The van der Waals surface area contributed by atoms with Gasteiger partial charge in [0.15, 0.2) is 0 Å². The lowest BCUT2D eigenvalue weighted by molar-refractivity contribution is 0.102. The van der Waals surface area contributed by atoms with Crippen molar-refractivity contribution in [1.29, 1.82) is 0 Å². The Bertz CT molecular complexity index is 531. The van der Waals surface area contributed by atoms with Crippen LogP contribution >= 0.6 is 0 Å². The molecule has 1 aromatic heterocycles. The van der Waals surface area contributed by atoms with Crippen molar-refractivity contribution in [3.63, 3.8) is 0 Å². The zero-order chi connectivity index (χ0) is 13.0. The molecule has 0 fully saturated rings. The van der Waals surface area contributed by atoms with E-state index in [-0.39, 0.29) is 5.91 Å². The van der Waals surface area contributed by atoms with Crippen molar-refractivity contribution in [2.24, 2.45) is 0 Å². The molecular weight excluding hydrogens is 232 g/mol. The van der Waals surface area contributed by atoms with Crippen molar-refractivity contribution in [3.05, 3.63) is 41.6 Å². The van der Waals surface area contributed by atoms with E-state index >= 15 is 0 Å². The van der Waals surface area contributed by atoms with E-state index in [4.69, 9.17) is 9.26 Å². The largest absolute Gasteiger partial charge is 0.494 e. The van der Waals surface area contributed by atoms with E-state index in [0.717, 1.165) is 11.4 Å². The van der Waals surface area contributed by atoms with Crippen LogP contribution in [0.3, 0.4) is 0 Å². The minimum absolute atomic E-state index is 0.241. The molecule has 0 unspecified atom stereocenters. The average molecular weight is 246 g/mol. The van der Waals surface area contributed by atoms with E-state index in [0.29, 0.717) is 18.1 Å². The number of anilines is 1. The minimum atomic E-state index is -0.241. The monoisotopic (exact) mass is 246 g/mol. The Hall–Kier alpha value is -2.30. The van der Waals surface area contributed by atoms with E-state index in [9.17, 15) is 4.79 Å². The second-order valence-electron chi connectivity index (χ2n) is 3.74. The van der Waals surface area contributed by atoms with Crippen molar-refractivity contribution in [3.8, 4) is 5.75 Å². The highest BCUT2D eigenvalue weighted by Crippen LogP contribution is 2.14. The lowest BCUT2D eigenvalue weighted by Crippen LogP contribution is -2.11. The highest BCUT2D eigenvalue weighted by Gasteiger charge is 2.09. The fraction of sp³-hybridized carbons (Fsp3) is 0.231. The summed E-state index contributed by atoms with van der Waals surface area (Å²) in [6, 6.07) is 8.56. The second-order valence-corrected chi connectivity index (χ2v) is 3.74. The van der Waals surface area contributed by atoms with Gasteiger partial charge in [-0.3, -0.25) is 10.1 Å². The maximum absolute atomic E-state index is 11.9. The number of hydrogen-bond acceptors (Lipinski definition) is 4. The van der Waals surface area contributed by atoms with Gasteiger partial charge in [0, 0.05) is 11.6 Å². The van der Waals surface area contributed by atoms with Gasteiger partial charge in [-0.1, -0.05) is 5.16 Å². The Kier molecular flexibility index (Phi) is 3.62. The number of aromatic nitrogens is 1. The third-order valence-corrected chi connectivity index (χ3v) is 2.29. The van der Waals surface area contributed by atoms with Gasteiger partial charge in [0.2, 0.25) is 5.88 Å². The number of aryl methyl sites for hydroxylation is 1. The molecular formula is C13H14N2O3. The smallest absolute Gasteiger partial charge is 0.258 e. The Morgan fingerprint density at radius 2 is 2.11 bits per heavy atom. The van der Waals surface area contributed by atoms with Crippen LogP contribution in [0, 0.1) is 6.92 Å². The zero-order valence-electron chi connectivity index (χ0n) is 10.3. The number of nitrogens with one attached hydrogen (secondary N) is 1. The number of amides is 1. The lowest BCUT2D eigenvalue weighted by atomic mass is 10.2. The van der Waals surface area contributed by atoms with E-state index in [1.54, 1.807) is 37.3 Å². The van der Waals surface area contributed by atoms with Crippen LogP contribution in [0.2, 0.25) is 0 Å². The molecule has 0 atom stereocenters. The summed E-state index contributed by atoms with van der Waals surface area (Å²) in [4.78, 5) is 11.9. The highest BCUT2D eigenvalue weighted by molar-refractivity contribution is 6.03. The lowest BCUT2D eigenvalue weighted by Gasteiger charge is -2.04. The van der Waals surface area contributed by atoms with Gasteiger partial charge in [-0.2, -0.15) is 0 Å². The van der Waals surface area contributed by atoms with Crippen molar-refractivity contribution < 1.29 is 14.1 Å². The SMILES string of the molecule is CCOc1ccc(C(=O)Nc2cc(C)no2)cc1. The van der Waals surface area contributed by atoms with Crippen LogP contribution in [0.5, 0.6) is 5.75 Å². The third-order valence-electron chi connectivity index (χ3n) is 2.29. The predicted octanol–water partition coefficient (Wildman–Crippen LogP) is 2.63. The molecule has 0 spiro atoms. The Balaban J connectivity index is 2.04. The first-order valence-corrected chi connectivity index (χ1v) is 5.66. The normalized spacial score (nSPS) is 10.1. The van der Waals surface area contributed by atoms with Crippen LogP contribution in [-0.2, 0) is 0 Å². The number of carbonyl (C=O) groups excluding carboxylic acids is 1. The molecule has 0 saturated carbocycles. The molecule has 0 bridgehead atoms. The number of ether oxygens (including phenoxy) is 1. The van der Waals surface area contributed by atoms with Crippen molar-refractivity contribution in [2.45, 2.75) is 13.8 Å². The minimum Gasteiger partial charge on any atom is -0.494 e. The number of hydrogen-bond donors (Lipinski definition) is 1. The summed E-state index contributed by atoms with van der Waals surface area (Å²) < 4.78 is 10.2. The first-order chi connectivity index (χ1) is 8.69. The summed E-state index contributed by atoms with van der Waals surface area (Å²) in [7, 11) is 0. The summed E-state index contributed by atoms with van der Waals surface area (Å²) in [6.45, 7) is 4.30. The third kappa shape index (κ3) is 2.88. The van der Waals surface area contributed by atoms with Crippen LogP contribution in [0.4, 0.5) is 5.88 Å². The van der Waals surface area contributed by atoms with Crippen LogP contribution in [0.15, 0.2) is 34.9 Å². The maximum Gasteiger partial charge on any atom is 0.258 e. The number of carbonyl (C=O) groups is 1. The summed E-state index contributed by atoms with van der Waals surface area (Å²) in [5, 5.41) is 6.31. The van der Waals surface area contributed by atoms with Gasteiger partial charge >= 0.3 is 0 Å². The molecule has 0 aliphatic carbocycles. The first kappa shape index (κ1) is 12.2. The van der Waals surface area contributed by atoms with E-state index in [1.165, 1.54) is 0 Å².